The molecule has 2 N–H and O–H groups in total. The first kappa shape index (κ1) is 21.6. The molecule has 4 heterocycles. The van der Waals surface area contributed by atoms with E-state index < -0.39 is 0 Å². The average molecular weight is 446 g/mol. The van der Waals surface area contributed by atoms with E-state index in [4.69, 9.17) is 4.98 Å². The first-order valence-corrected chi connectivity index (χ1v) is 11.9. The second kappa shape index (κ2) is 9.35. The van der Waals surface area contributed by atoms with Gasteiger partial charge in [0.2, 0.25) is 0 Å². The van der Waals surface area contributed by atoms with Gasteiger partial charge in [0, 0.05) is 38.3 Å². The van der Waals surface area contributed by atoms with Crippen LogP contribution < -0.4 is 10.2 Å². The summed E-state index contributed by atoms with van der Waals surface area (Å²) in [6, 6.07) is 11.2. The van der Waals surface area contributed by atoms with Crippen molar-refractivity contribution in [3.8, 4) is 17.0 Å². The molecule has 2 aromatic heterocycles. The lowest BCUT2D eigenvalue weighted by Gasteiger charge is -2.31. The van der Waals surface area contributed by atoms with Gasteiger partial charge in [0.05, 0.1) is 28.7 Å². The molecule has 3 aromatic rings. The van der Waals surface area contributed by atoms with Crippen molar-refractivity contribution in [2.75, 3.05) is 38.1 Å². The third-order valence-electron chi connectivity index (χ3n) is 6.75. The fourth-order valence-corrected chi connectivity index (χ4v) is 4.98. The van der Waals surface area contributed by atoms with Crippen LogP contribution in [0.3, 0.4) is 0 Å². The normalized spacial score (nSPS) is 18.6. The number of benzene rings is 1. The Hall–Kier alpha value is -3.19. The number of aromatic nitrogens is 2. The van der Waals surface area contributed by atoms with Gasteiger partial charge in [0.15, 0.2) is 0 Å². The number of likely N-dealkylation sites (N-methyl/N-ethyl adjacent to an activating group) is 1. The van der Waals surface area contributed by atoms with Gasteiger partial charge in [0.25, 0.3) is 5.91 Å². The highest BCUT2D eigenvalue weighted by Crippen LogP contribution is 2.32. The Balaban J connectivity index is 1.61. The van der Waals surface area contributed by atoms with Gasteiger partial charge < -0.3 is 20.2 Å². The minimum Gasteiger partial charge on any atom is -0.508 e. The first-order chi connectivity index (χ1) is 16.1. The number of rotatable bonds is 5. The maximum Gasteiger partial charge on any atom is 0.258 e. The maximum absolute atomic E-state index is 13.9. The molecule has 1 atom stereocenters. The molecule has 1 aromatic carbocycles. The lowest BCUT2D eigenvalue weighted by molar-refractivity contribution is 0.0786. The van der Waals surface area contributed by atoms with Crippen LogP contribution in [0.25, 0.3) is 22.3 Å². The Labute approximate surface area is 194 Å². The van der Waals surface area contributed by atoms with Gasteiger partial charge in [-0.05, 0) is 62.9 Å². The molecule has 0 aliphatic carbocycles. The molecular formula is C26H31N5O2. The Morgan fingerprint density at radius 1 is 1.18 bits per heavy atom. The van der Waals surface area contributed by atoms with Crippen molar-refractivity contribution in [2.24, 2.45) is 0 Å². The molecule has 7 nitrogen and oxygen atoms in total. The summed E-state index contributed by atoms with van der Waals surface area (Å²) in [5, 5.41) is 13.4. The third-order valence-corrected chi connectivity index (χ3v) is 6.75. The van der Waals surface area contributed by atoms with Crippen LogP contribution in [0, 0.1) is 0 Å². The van der Waals surface area contributed by atoms with E-state index in [1.54, 1.807) is 18.2 Å². The number of carbonyl (C=O) groups excluding carboxylic acids is 1. The number of anilines is 1. The molecule has 0 bridgehead atoms. The van der Waals surface area contributed by atoms with E-state index in [1.165, 1.54) is 6.42 Å². The Bertz CT molecular complexity index is 1150. The SMILES string of the molecule is CN(C[C@@H]1CCCN1)C(=O)c1c(N2CCCCC2)cnc2ccc(-c3cccc(O)c3)nc12. The fraction of sp³-hybridized carbons (Fsp3) is 0.423. The molecule has 2 aliphatic heterocycles. The summed E-state index contributed by atoms with van der Waals surface area (Å²) < 4.78 is 0. The van der Waals surface area contributed by atoms with Crippen LogP contribution in [0.5, 0.6) is 5.75 Å². The number of phenols is 1. The molecule has 2 aliphatic rings. The molecule has 0 unspecified atom stereocenters. The molecule has 33 heavy (non-hydrogen) atoms. The lowest BCUT2D eigenvalue weighted by Crippen LogP contribution is -2.40. The lowest BCUT2D eigenvalue weighted by atomic mass is 10.0. The Kier molecular flexibility index (Phi) is 6.13. The van der Waals surface area contributed by atoms with Crippen LogP contribution in [0.1, 0.15) is 42.5 Å². The topological polar surface area (TPSA) is 81.6 Å². The summed E-state index contributed by atoms with van der Waals surface area (Å²) in [6.45, 7) is 3.54. The van der Waals surface area contributed by atoms with E-state index in [9.17, 15) is 9.90 Å². The predicted octanol–water partition coefficient (Wildman–Crippen LogP) is 3.82. The van der Waals surface area contributed by atoms with Crippen LogP contribution in [-0.4, -0.2) is 65.2 Å². The first-order valence-electron chi connectivity index (χ1n) is 11.9. The molecule has 2 fully saturated rings. The number of nitrogens with one attached hydrogen (secondary N) is 1. The zero-order valence-corrected chi connectivity index (χ0v) is 19.1. The number of nitrogens with zero attached hydrogens (tertiary/aromatic N) is 4. The summed E-state index contributed by atoms with van der Waals surface area (Å²) >= 11 is 0. The average Bonchev–Trinajstić information content (AvgIpc) is 3.36. The molecular weight excluding hydrogens is 414 g/mol. The van der Waals surface area contributed by atoms with Crippen molar-refractivity contribution < 1.29 is 9.90 Å². The van der Waals surface area contributed by atoms with Crippen LogP contribution >= 0.6 is 0 Å². The van der Waals surface area contributed by atoms with Crippen molar-refractivity contribution in [2.45, 2.75) is 38.1 Å². The summed E-state index contributed by atoms with van der Waals surface area (Å²) in [6.07, 6.45) is 7.53. The minimum atomic E-state index is -0.0165. The number of phenolic OH excluding ortho intramolecular Hbond substituents is 1. The highest BCUT2D eigenvalue weighted by atomic mass is 16.3. The highest BCUT2D eigenvalue weighted by molar-refractivity contribution is 6.09. The van der Waals surface area contributed by atoms with E-state index in [0.29, 0.717) is 34.9 Å². The van der Waals surface area contributed by atoms with E-state index >= 15 is 0 Å². The van der Waals surface area contributed by atoms with Gasteiger partial charge in [-0.1, -0.05) is 12.1 Å². The van der Waals surface area contributed by atoms with E-state index in [-0.39, 0.29) is 11.7 Å². The summed E-state index contributed by atoms with van der Waals surface area (Å²) in [4.78, 5) is 27.6. The van der Waals surface area contributed by atoms with Gasteiger partial charge in [-0.25, -0.2) is 4.98 Å². The summed E-state index contributed by atoms with van der Waals surface area (Å²) in [5.41, 5.74) is 4.35. The van der Waals surface area contributed by atoms with Crippen molar-refractivity contribution in [3.05, 3.63) is 48.2 Å². The summed E-state index contributed by atoms with van der Waals surface area (Å²) in [5.74, 6) is 0.173. The molecule has 2 saturated heterocycles. The second-order valence-electron chi connectivity index (χ2n) is 9.16. The number of aromatic hydroxyl groups is 1. The van der Waals surface area contributed by atoms with Crippen LogP contribution in [0.4, 0.5) is 5.69 Å². The van der Waals surface area contributed by atoms with Crippen molar-refractivity contribution in [1.29, 1.82) is 0 Å². The number of carbonyl (C=O) groups is 1. The Morgan fingerprint density at radius 2 is 2.03 bits per heavy atom. The predicted molar refractivity (Wildman–Crippen MR) is 131 cm³/mol. The van der Waals surface area contributed by atoms with Crippen LogP contribution in [0.2, 0.25) is 0 Å². The number of fused-ring (bicyclic) bond motifs is 1. The van der Waals surface area contributed by atoms with Gasteiger partial charge in [0.1, 0.15) is 11.3 Å². The fourth-order valence-electron chi connectivity index (χ4n) is 4.98. The van der Waals surface area contributed by atoms with E-state index in [1.807, 2.05) is 36.3 Å². The second-order valence-corrected chi connectivity index (χ2v) is 9.16. The van der Waals surface area contributed by atoms with Gasteiger partial charge in [-0.2, -0.15) is 0 Å². The molecule has 1 amide bonds. The zero-order valence-electron chi connectivity index (χ0n) is 19.1. The standard InChI is InChI=1S/C26H31N5O2/c1-30(17-19-8-6-12-27-19)26(33)24-23(31-13-3-2-4-14-31)16-28-22-11-10-21(29-25(22)24)18-7-5-9-20(32)15-18/h5,7,9-11,15-16,19,27,32H,2-4,6,8,12-14,17H2,1H3/t19-/m0/s1. The van der Waals surface area contributed by atoms with Crippen molar-refractivity contribution >= 4 is 22.6 Å². The number of piperidine rings is 1. The highest BCUT2D eigenvalue weighted by Gasteiger charge is 2.27. The number of amides is 1. The Morgan fingerprint density at radius 3 is 2.79 bits per heavy atom. The monoisotopic (exact) mass is 445 g/mol. The molecule has 0 radical (unpaired) electrons. The number of pyridine rings is 2. The van der Waals surface area contributed by atoms with Crippen molar-refractivity contribution in [3.63, 3.8) is 0 Å². The maximum atomic E-state index is 13.9. The van der Waals surface area contributed by atoms with Crippen molar-refractivity contribution in [1.82, 2.24) is 20.2 Å². The molecule has 172 valence electrons. The van der Waals surface area contributed by atoms with Gasteiger partial charge in [-0.3, -0.25) is 9.78 Å². The largest absolute Gasteiger partial charge is 0.508 e. The smallest absolute Gasteiger partial charge is 0.258 e. The molecule has 5 rings (SSSR count). The third kappa shape index (κ3) is 4.50. The van der Waals surface area contributed by atoms with Crippen LogP contribution in [0.15, 0.2) is 42.6 Å². The van der Waals surface area contributed by atoms with Gasteiger partial charge >= 0.3 is 0 Å². The molecule has 0 saturated carbocycles. The van der Waals surface area contributed by atoms with Crippen LogP contribution in [-0.2, 0) is 0 Å². The summed E-state index contributed by atoms with van der Waals surface area (Å²) in [7, 11) is 1.88. The van der Waals surface area contributed by atoms with Gasteiger partial charge in [-0.15, -0.1) is 0 Å². The van der Waals surface area contributed by atoms with E-state index in [0.717, 1.165) is 56.6 Å². The van der Waals surface area contributed by atoms with E-state index in [2.05, 4.69) is 15.2 Å². The molecule has 0 spiro atoms. The molecule has 7 heteroatoms. The number of hydrogen-bond acceptors (Lipinski definition) is 6. The number of hydrogen-bond donors (Lipinski definition) is 2. The zero-order chi connectivity index (χ0) is 22.8. The quantitative estimate of drug-likeness (QED) is 0.621. The minimum absolute atomic E-state index is 0.0165.